The summed E-state index contributed by atoms with van der Waals surface area (Å²) in [5.74, 6) is 0.718. The number of rotatable bonds is 5. The Balaban J connectivity index is 1.35. The second kappa shape index (κ2) is 9.08. The number of amides is 2. The molecule has 6 rings (SSSR count). The molecule has 7 nitrogen and oxygen atoms in total. The molecule has 0 unspecified atom stereocenters. The van der Waals surface area contributed by atoms with Crippen molar-refractivity contribution in [1.29, 1.82) is 0 Å². The molecule has 1 aliphatic heterocycles. The minimum atomic E-state index is -0.154. The fourth-order valence-electron chi connectivity index (χ4n) is 5.20. The fraction of sp³-hybridized carbons (Fsp3) is 0.423. The number of thiophene rings is 1. The summed E-state index contributed by atoms with van der Waals surface area (Å²) in [5, 5.41) is 10.2. The Morgan fingerprint density at radius 1 is 1.14 bits per heavy atom. The Morgan fingerprint density at radius 2 is 1.94 bits per heavy atom. The van der Waals surface area contributed by atoms with E-state index in [9.17, 15) is 9.59 Å². The largest absolute Gasteiger partial charge is 0.335 e. The Labute approximate surface area is 213 Å². The molecule has 3 aromatic rings. The molecule has 2 amide bonds. The highest BCUT2D eigenvalue weighted by atomic mass is 35.5. The average Bonchev–Trinajstić information content (AvgIpc) is 3.37. The minimum absolute atomic E-state index is 0.00994. The van der Waals surface area contributed by atoms with Crippen LogP contribution in [0.25, 0.3) is 16.9 Å². The maximum absolute atomic E-state index is 13.7. The molecule has 0 bridgehead atoms. The number of carbonyl (C=O) groups excluding carboxylic acids is 2. The highest BCUT2D eigenvalue weighted by molar-refractivity contribution is 7.10. The monoisotopic (exact) mass is 509 g/mol. The summed E-state index contributed by atoms with van der Waals surface area (Å²) in [7, 11) is 0. The van der Waals surface area contributed by atoms with Gasteiger partial charge in [-0.2, -0.15) is 5.10 Å². The number of aryl methyl sites for hydroxylation is 1. The molecule has 0 radical (unpaired) electrons. The molecule has 1 saturated heterocycles. The third kappa shape index (κ3) is 4.39. The van der Waals surface area contributed by atoms with Crippen LogP contribution in [0.2, 0.25) is 5.02 Å². The zero-order valence-electron chi connectivity index (χ0n) is 19.7. The van der Waals surface area contributed by atoms with Crippen LogP contribution in [0.3, 0.4) is 0 Å². The molecule has 2 aliphatic carbocycles. The topological polar surface area (TPSA) is 70.5 Å². The van der Waals surface area contributed by atoms with Gasteiger partial charge in [-0.25, -0.2) is 4.68 Å². The molecule has 35 heavy (non-hydrogen) atoms. The second-order valence-corrected chi connectivity index (χ2v) is 11.1. The van der Waals surface area contributed by atoms with Gasteiger partial charge in [0.1, 0.15) is 0 Å². The van der Waals surface area contributed by atoms with Gasteiger partial charge in [0, 0.05) is 61.3 Å². The number of aromatic nitrogens is 2. The molecule has 0 spiro atoms. The summed E-state index contributed by atoms with van der Waals surface area (Å²) < 4.78 is 1.83. The van der Waals surface area contributed by atoms with Crippen LogP contribution in [-0.4, -0.2) is 64.1 Å². The first-order valence-corrected chi connectivity index (χ1v) is 13.5. The van der Waals surface area contributed by atoms with E-state index in [4.69, 9.17) is 16.7 Å². The number of halogens is 1. The zero-order valence-corrected chi connectivity index (χ0v) is 21.3. The first-order chi connectivity index (χ1) is 17.0. The first kappa shape index (κ1) is 22.8. The van der Waals surface area contributed by atoms with Crippen LogP contribution in [0.5, 0.6) is 0 Å². The summed E-state index contributed by atoms with van der Waals surface area (Å²) in [5.41, 5.74) is 4.95. The van der Waals surface area contributed by atoms with Gasteiger partial charge < -0.3 is 10.2 Å². The van der Waals surface area contributed by atoms with Crippen LogP contribution in [0.15, 0.2) is 29.6 Å². The van der Waals surface area contributed by atoms with Gasteiger partial charge in [-0.1, -0.05) is 11.6 Å². The molecule has 1 saturated carbocycles. The van der Waals surface area contributed by atoms with Crippen molar-refractivity contribution < 1.29 is 9.59 Å². The number of carbonyl (C=O) groups is 2. The highest BCUT2D eigenvalue weighted by Crippen LogP contribution is 2.41. The lowest BCUT2D eigenvalue weighted by molar-refractivity contribution is -0.114. The number of piperazine rings is 1. The lowest BCUT2D eigenvalue weighted by Gasteiger charge is -2.34. The van der Waals surface area contributed by atoms with E-state index in [1.165, 1.54) is 31.2 Å². The number of benzene rings is 1. The smallest absolute Gasteiger partial charge is 0.274 e. The molecular weight excluding hydrogens is 482 g/mol. The van der Waals surface area contributed by atoms with Crippen molar-refractivity contribution in [3.8, 4) is 16.9 Å². The van der Waals surface area contributed by atoms with Crippen molar-refractivity contribution >= 4 is 40.4 Å². The summed E-state index contributed by atoms with van der Waals surface area (Å²) >= 11 is 8.42. The summed E-state index contributed by atoms with van der Waals surface area (Å²) in [6.45, 7) is 5.96. The predicted octanol–water partition coefficient (Wildman–Crippen LogP) is 4.48. The molecular formula is C26H28ClN5O2S. The van der Waals surface area contributed by atoms with E-state index in [0.717, 1.165) is 61.8 Å². The van der Waals surface area contributed by atoms with Crippen LogP contribution in [0.4, 0.5) is 5.69 Å². The van der Waals surface area contributed by atoms with E-state index in [-0.39, 0.29) is 11.8 Å². The number of nitrogens with zero attached hydrogens (tertiary/aromatic N) is 4. The predicted molar refractivity (Wildman–Crippen MR) is 139 cm³/mol. The van der Waals surface area contributed by atoms with E-state index >= 15 is 0 Å². The van der Waals surface area contributed by atoms with Gasteiger partial charge in [0.05, 0.1) is 16.4 Å². The fourth-order valence-corrected chi connectivity index (χ4v) is 6.34. The molecule has 182 valence electrons. The molecule has 1 N–H and O–H groups in total. The average molecular weight is 510 g/mol. The van der Waals surface area contributed by atoms with Crippen LogP contribution >= 0.6 is 22.9 Å². The molecule has 2 fully saturated rings. The van der Waals surface area contributed by atoms with E-state index in [0.29, 0.717) is 22.1 Å². The van der Waals surface area contributed by atoms with Crippen LogP contribution in [-0.2, 0) is 17.6 Å². The number of nitrogens with one attached hydrogen (secondary N) is 1. The Hall–Kier alpha value is -2.68. The SMILES string of the molecule is CC(=O)Nc1ccc(-n2nc(C(=O)N3CCN(CC4CC4)CC3)c3c2-c2ccsc2CC3)c(Cl)c1. The molecule has 3 aliphatic rings. The van der Waals surface area contributed by atoms with Gasteiger partial charge in [0.25, 0.3) is 5.91 Å². The van der Waals surface area contributed by atoms with E-state index in [1.807, 2.05) is 21.7 Å². The summed E-state index contributed by atoms with van der Waals surface area (Å²) in [6.07, 6.45) is 4.40. The number of fused-ring (bicyclic) bond motifs is 3. The standard InChI is InChI=1S/C26H28ClN5O2S/c1-16(33)28-18-4-6-22(21(27)14-18)32-25-19-8-13-35-23(19)7-5-20(25)24(29-32)26(34)31-11-9-30(10-12-31)15-17-2-3-17/h4,6,8,13-14,17H,2-3,5,7,9-12,15H2,1H3,(H,28,33). The summed E-state index contributed by atoms with van der Waals surface area (Å²) in [4.78, 5) is 30.9. The van der Waals surface area contributed by atoms with Crippen LogP contribution in [0, 0.1) is 5.92 Å². The van der Waals surface area contributed by atoms with E-state index < -0.39 is 0 Å². The minimum Gasteiger partial charge on any atom is -0.335 e. The van der Waals surface area contributed by atoms with Crippen molar-refractivity contribution in [1.82, 2.24) is 19.6 Å². The Morgan fingerprint density at radius 3 is 2.66 bits per heavy atom. The van der Waals surface area contributed by atoms with Crippen molar-refractivity contribution in [3.63, 3.8) is 0 Å². The molecule has 1 aromatic carbocycles. The normalized spacial score (nSPS) is 17.7. The number of hydrogen-bond donors (Lipinski definition) is 1. The van der Waals surface area contributed by atoms with Crippen molar-refractivity contribution in [2.45, 2.75) is 32.6 Å². The lowest BCUT2D eigenvalue weighted by atomic mass is 9.94. The third-order valence-corrected chi connectivity index (χ3v) is 8.44. The molecule has 0 atom stereocenters. The third-order valence-electron chi connectivity index (χ3n) is 7.16. The van der Waals surface area contributed by atoms with Gasteiger partial charge >= 0.3 is 0 Å². The Kier molecular flexibility index (Phi) is 5.90. The number of hydrogen-bond acceptors (Lipinski definition) is 5. The van der Waals surface area contributed by atoms with Crippen LogP contribution in [0.1, 0.15) is 40.7 Å². The van der Waals surface area contributed by atoms with Gasteiger partial charge in [-0.3, -0.25) is 14.5 Å². The van der Waals surface area contributed by atoms with Crippen molar-refractivity contribution in [2.24, 2.45) is 5.92 Å². The highest BCUT2D eigenvalue weighted by Gasteiger charge is 2.34. The van der Waals surface area contributed by atoms with E-state index in [1.54, 1.807) is 17.4 Å². The first-order valence-electron chi connectivity index (χ1n) is 12.3. The maximum Gasteiger partial charge on any atom is 0.274 e. The van der Waals surface area contributed by atoms with Gasteiger partial charge in [0.2, 0.25) is 5.91 Å². The quantitative estimate of drug-likeness (QED) is 0.550. The van der Waals surface area contributed by atoms with Gasteiger partial charge in [0.15, 0.2) is 5.69 Å². The van der Waals surface area contributed by atoms with Crippen molar-refractivity contribution in [2.75, 3.05) is 38.0 Å². The maximum atomic E-state index is 13.7. The summed E-state index contributed by atoms with van der Waals surface area (Å²) in [6, 6.07) is 7.51. The Bertz CT molecular complexity index is 1300. The molecule has 3 heterocycles. The van der Waals surface area contributed by atoms with Crippen molar-refractivity contribution in [3.05, 3.63) is 50.8 Å². The van der Waals surface area contributed by atoms with Gasteiger partial charge in [-0.05, 0) is 61.2 Å². The van der Waals surface area contributed by atoms with E-state index in [2.05, 4.69) is 21.7 Å². The second-order valence-electron chi connectivity index (χ2n) is 9.73. The number of anilines is 1. The zero-order chi connectivity index (χ0) is 24.1. The van der Waals surface area contributed by atoms with Gasteiger partial charge in [-0.15, -0.1) is 11.3 Å². The lowest BCUT2D eigenvalue weighted by Crippen LogP contribution is -2.49. The molecule has 9 heteroatoms. The molecule has 2 aromatic heterocycles. The van der Waals surface area contributed by atoms with Crippen LogP contribution < -0.4 is 5.32 Å².